The fourth-order valence-electron chi connectivity index (χ4n) is 1.75. The number of thiophene rings is 1. The topological polar surface area (TPSA) is 68.8 Å². The Balaban J connectivity index is 2.40. The Kier molecular flexibility index (Phi) is 3.33. The number of aromatic nitrogens is 3. The third kappa shape index (κ3) is 1.87. The van der Waals surface area contributed by atoms with Crippen molar-refractivity contribution in [3.63, 3.8) is 0 Å². The summed E-state index contributed by atoms with van der Waals surface area (Å²) < 4.78 is 1.74. The van der Waals surface area contributed by atoms with Crippen LogP contribution in [0.5, 0.6) is 0 Å². The Morgan fingerprint density at radius 2 is 2.44 bits per heavy atom. The number of hydrazine groups is 1. The largest absolute Gasteiger partial charge is 0.270 e. The van der Waals surface area contributed by atoms with Crippen molar-refractivity contribution in [1.82, 2.24) is 20.4 Å². The second-order valence-corrected chi connectivity index (χ2v) is 4.49. The molecule has 0 radical (unpaired) electrons. The SMILES string of the molecule is CCc1ccsc1C(NN)c1cnnn1C. The van der Waals surface area contributed by atoms with Gasteiger partial charge < -0.3 is 0 Å². The summed E-state index contributed by atoms with van der Waals surface area (Å²) in [5.74, 6) is 5.64. The highest BCUT2D eigenvalue weighted by molar-refractivity contribution is 7.10. The Morgan fingerprint density at radius 3 is 3.00 bits per heavy atom. The van der Waals surface area contributed by atoms with E-state index in [1.165, 1.54) is 10.4 Å². The first-order valence-electron chi connectivity index (χ1n) is 5.14. The monoisotopic (exact) mass is 237 g/mol. The molecule has 0 saturated heterocycles. The molecule has 0 spiro atoms. The van der Waals surface area contributed by atoms with E-state index in [9.17, 15) is 0 Å². The molecule has 1 atom stereocenters. The van der Waals surface area contributed by atoms with Gasteiger partial charge in [0.05, 0.1) is 17.9 Å². The Morgan fingerprint density at radius 1 is 1.62 bits per heavy atom. The summed E-state index contributed by atoms with van der Waals surface area (Å²) in [5.41, 5.74) is 5.12. The summed E-state index contributed by atoms with van der Waals surface area (Å²) >= 11 is 1.70. The van der Waals surface area contributed by atoms with Gasteiger partial charge in [-0.15, -0.1) is 16.4 Å². The number of hydrogen-bond donors (Lipinski definition) is 2. The molecule has 0 aliphatic heterocycles. The molecule has 2 heterocycles. The van der Waals surface area contributed by atoms with Crippen molar-refractivity contribution in [3.05, 3.63) is 33.8 Å². The molecule has 6 heteroatoms. The summed E-state index contributed by atoms with van der Waals surface area (Å²) in [4.78, 5) is 1.23. The lowest BCUT2D eigenvalue weighted by molar-refractivity contribution is 0.574. The van der Waals surface area contributed by atoms with Gasteiger partial charge in [0, 0.05) is 11.9 Å². The lowest BCUT2D eigenvalue weighted by Gasteiger charge is -2.15. The average Bonchev–Trinajstić information content (AvgIpc) is 2.90. The first kappa shape index (κ1) is 11.3. The quantitative estimate of drug-likeness (QED) is 0.614. The molecule has 0 aliphatic carbocycles. The molecule has 5 nitrogen and oxygen atoms in total. The summed E-state index contributed by atoms with van der Waals surface area (Å²) in [6.45, 7) is 2.14. The highest BCUT2D eigenvalue weighted by Crippen LogP contribution is 2.28. The van der Waals surface area contributed by atoms with E-state index >= 15 is 0 Å². The van der Waals surface area contributed by atoms with Crippen molar-refractivity contribution in [2.45, 2.75) is 19.4 Å². The van der Waals surface area contributed by atoms with Crippen molar-refractivity contribution in [1.29, 1.82) is 0 Å². The second-order valence-electron chi connectivity index (χ2n) is 3.55. The van der Waals surface area contributed by atoms with Crippen LogP contribution in [0.25, 0.3) is 0 Å². The Labute approximate surface area is 98.2 Å². The van der Waals surface area contributed by atoms with Gasteiger partial charge in [-0.25, -0.2) is 5.43 Å². The predicted molar refractivity (Wildman–Crippen MR) is 63.9 cm³/mol. The van der Waals surface area contributed by atoms with E-state index in [4.69, 9.17) is 5.84 Å². The molecule has 16 heavy (non-hydrogen) atoms. The van der Waals surface area contributed by atoms with Gasteiger partial charge in [-0.3, -0.25) is 10.5 Å². The third-order valence-corrected chi connectivity index (χ3v) is 3.66. The minimum atomic E-state index is -0.0325. The van der Waals surface area contributed by atoms with Crippen molar-refractivity contribution >= 4 is 11.3 Å². The highest BCUT2D eigenvalue weighted by atomic mass is 32.1. The Bertz CT molecular complexity index is 461. The van der Waals surface area contributed by atoms with E-state index in [1.54, 1.807) is 22.2 Å². The van der Waals surface area contributed by atoms with E-state index in [1.807, 2.05) is 7.05 Å². The number of nitrogens with two attached hydrogens (primary N) is 1. The Hall–Kier alpha value is -1.24. The van der Waals surface area contributed by atoms with E-state index in [0.29, 0.717) is 0 Å². The number of nitrogens with zero attached hydrogens (tertiary/aromatic N) is 3. The van der Waals surface area contributed by atoms with Gasteiger partial charge in [-0.2, -0.15) is 0 Å². The first-order chi connectivity index (χ1) is 7.77. The molecule has 0 fully saturated rings. The van der Waals surface area contributed by atoms with Gasteiger partial charge in [0.25, 0.3) is 0 Å². The fraction of sp³-hybridized carbons (Fsp3) is 0.400. The van der Waals surface area contributed by atoms with Gasteiger partial charge >= 0.3 is 0 Å². The van der Waals surface area contributed by atoms with Crippen LogP contribution in [0.2, 0.25) is 0 Å². The molecule has 86 valence electrons. The molecule has 0 amide bonds. The number of nitrogens with one attached hydrogen (secondary N) is 1. The summed E-state index contributed by atoms with van der Waals surface area (Å²) in [5, 5.41) is 9.89. The number of aryl methyl sites for hydroxylation is 2. The van der Waals surface area contributed by atoms with Gasteiger partial charge in [-0.1, -0.05) is 12.1 Å². The van der Waals surface area contributed by atoms with E-state index < -0.39 is 0 Å². The fourth-order valence-corrected chi connectivity index (χ4v) is 2.81. The smallest absolute Gasteiger partial charge is 0.0988 e. The maximum Gasteiger partial charge on any atom is 0.0988 e. The van der Waals surface area contributed by atoms with Gasteiger partial charge in [0.2, 0.25) is 0 Å². The van der Waals surface area contributed by atoms with Crippen LogP contribution < -0.4 is 11.3 Å². The molecular formula is C10H15N5S. The van der Waals surface area contributed by atoms with Gasteiger partial charge in [0.1, 0.15) is 0 Å². The zero-order valence-electron chi connectivity index (χ0n) is 9.34. The van der Waals surface area contributed by atoms with Crippen LogP contribution in [-0.2, 0) is 13.5 Å². The highest BCUT2D eigenvalue weighted by Gasteiger charge is 2.20. The van der Waals surface area contributed by atoms with Crippen LogP contribution in [0, 0.1) is 0 Å². The second kappa shape index (κ2) is 4.73. The van der Waals surface area contributed by atoms with E-state index in [0.717, 1.165) is 12.1 Å². The molecule has 3 N–H and O–H groups in total. The van der Waals surface area contributed by atoms with Crippen molar-refractivity contribution in [2.24, 2.45) is 12.9 Å². The summed E-state index contributed by atoms with van der Waals surface area (Å²) in [6, 6.07) is 2.10. The van der Waals surface area contributed by atoms with Crippen molar-refractivity contribution in [3.8, 4) is 0 Å². The van der Waals surface area contributed by atoms with E-state index in [2.05, 4.69) is 34.1 Å². The molecule has 1 unspecified atom stereocenters. The number of rotatable bonds is 4. The molecule has 0 aliphatic rings. The zero-order valence-corrected chi connectivity index (χ0v) is 10.2. The van der Waals surface area contributed by atoms with Crippen LogP contribution in [0.1, 0.15) is 29.1 Å². The lowest BCUT2D eigenvalue weighted by Crippen LogP contribution is -2.30. The normalized spacial score (nSPS) is 12.9. The summed E-state index contributed by atoms with van der Waals surface area (Å²) in [6.07, 6.45) is 2.74. The first-order valence-corrected chi connectivity index (χ1v) is 6.02. The lowest BCUT2D eigenvalue weighted by atomic mass is 10.1. The van der Waals surface area contributed by atoms with Crippen molar-refractivity contribution in [2.75, 3.05) is 0 Å². The average molecular weight is 237 g/mol. The zero-order chi connectivity index (χ0) is 11.5. The number of hydrogen-bond acceptors (Lipinski definition) is 5. The minimum absolute atomic E-state index is 0.0325. The van der Waals surface area contributed by atoms with Crippen LogP contribution in [0.4, 0.5) is 0 Å². The van der Waals surface area contributed by atoms with Crippen LogP contribution in [0.3, 0.4) is 0 Å². The molecule has 2 aromatic rings. The maximum atomic E-state index is 5.64. The third-order valence-electron chi connectivity index (χ3n) is 2.64. The predicted octanol–water partition coefficient (Wildman–Crippen LogP) is 0.992. The van der Waals surface area contributed by atoms with Gasteiger partial charge in [0.15, 0.2) is 0 Å². The molecule has 0 aromatic carbocycles. The van der Waals surface area contributed by atoms with E-state index in [-0.39, 0.29) is 6.04 Å². The molecule has 2 rings (SSSR count). The maximum absolute atomic E-state index is 5.64. The summed E-state index contributed by atoms with van der Waals surface area (Å²) in [7, 11) is 1.87. The van der Waals surface area contributed by atoms with Crippen LogP contribution in [0.15, 0.2) is 17.6 Å². The molecule has 0 bridgehead atoms. The standard InChI is InChI=1S/C10H15N5S/c1-3-7-4-5-16-10(7)9(13-11)8-6-12-14-15(8)2/h4-6,9,13H,3,11H2,1-2H3. The molecule has 0 saturated carbocycles. The minimum Gasteiger partial charge on any atom is -0.270 e. The molecule has 2 aromatic heterocycles. The van der Waals surface area contributed by atoms with Crippen molar-refractivity contribution < 1.29 is 0 Å². The van der Waals surface area contributed by atoms with Crippen LogP contribution >= 0.6 is 11.3 Å². The van der Waals surface area contributed by atoms with Crippen LogP contribution in [-0.4, -0.2) is 15.0 Å². The molecular weight excluding hydrogens is 222 g/mol. The van der Waals surface area contributed by atoms with Gasteiger partial charge in [-0.05, 0) is 23.4 Å².